The summed E-state index contributed by atoms with van der Waals surface area (Å²) in [4.78, 5) is 0. The van der Waals surface area contributed by atoms with Gasteiger partial charge in [-0.3, -0.25) is 0 Å². The second-order valence-corrected chi connectivity index (χ2v) is 2.75. The Morgan fingerprint density at radius 3 is 2.67 bits per heavy atom. The minimum Gasteiger partial charge on any atom is -0.396 e. The van der Waals surface area contributed by atoms with Gasteiger partial charge in [0.25, 0.3) is 0 Å². The van der Waals surface area contributed by atoms with Crippen LogP contribution in [0.15, 0.2) is 18.2 Å². The lowest BCUT2D eigenvalue weighted by atomic mass is 10.1. The van der Waals surface area contributed by atoms with Crippen LogP contribution in [0.1, 0.15) is 12.0 Å². The molecule has 1 rings (SSSR count). The first-order valence-corrected chi connectivity index (χ1v) is 3.98. The van der Waals surface area contributed by atoms with Gasteiger partial charge in [-0.15, -0.1) is 0 Å². The van der Waals surface area contributed by atoms with Gasteiger partial charge in [0.2, 0.25) is 0 Å². The van der Waals surface area contributed by atoms with Crippen molar-refractivity contribution in [3.63, 3.8) is 0 Å². The van der Waals surface area contributed by atoms with E-state index in [0.717, 1.165) is 18.4 Å². The second-order valence-electron chi connectivity index (χ2n) is 2.75. The van der Waals surface area contributed by atoms with Gasteiger partial charge in [-0.05, 0) is 37.1 Å². The first-order valence-electron chi connectivity index (χ1n) is 3.98. The van der Waals surface area contributed by atoms with Crippen molar-refractivity contribution in [1.29, 1.82) is 0 Å². The molecule has 12 heavy (non-hydrogen) atoms. The molecule has 0 spiro atoms. The molecule has 1 aromatic carbocycles. The van der Waals surface area contributed by atoms with Crippen molar-refractivity contribution in [3.8, 4) is 0 Å². The molecule has 66 valence electrons. The van der Waals surface area contributed by atoms with Gasteiger partial charge < -0.3 is 11.5 Å². The number of anilines is 1. The van der Waals surface area contributed by atoms with E-state index in [1.165, 1.54) is 6.07 Å². The van der Waals surface area contributed by atoms with Gasteiger partial charge in [0.05, 0.1) is 5.69 Å². The smallest absolute Gasteiger partial charge is 0.146 e. The van der Waals surface area contributed by atoms with Crippen molar-refractivity contribution in [2.75, 3.05) is 12.3 Å². The van der Waals surface area contributed by atoms with Crippen LogP contribution in [0.4, 0.5) is 10.1 Å². The van der Waals surface area contributed by atoms with Gasteiger partial charge in [-0.2, -0.15) is 0 Å². The number of halogens is 1. The third kappa shape index (κ3) is 2.20. The molecule has 4 N–H and O–H groups in total. The number of benzene rings is 1. The molecule has 0 radical (unpaired) electrons. The van der Waals surface area contributed by atoms with Gasteiger partial charge in [-0.1, -0.05) is 6.07 Å². The largest absolute Gasteiger partial charge is 0.396 e. The first-order chi connectivity index (χ1) is 5.74. The molecule has 2 nitrogen and oxygen atoms in total. The fourth-order valence-corrected chi connectivity index (χ4v) is 1.05. The fourth-order valence-electron chi connectivity index (χ4n) is 1.05. The molecule has 0 saturated carbocycles. The lowest BCUT2D eigenvalue weighted by Gasteiger charge is -2.01. The highest BCUT2D eigenvalue weighted by atomic mass is 19.1. The zero-order valence-corrected chi connectivity index (χ0v) is 6.89. The fraction of sp³-hybridized carbons (Fsp3) is 0.333. The Hall–Kier alpha value is -1.09. The molecule has 0 saturated heterocycles. The summed E-state index contributed by atoms with van der Waals surface area (Å²) in [5.41, 5.74) is 12.0. The van der Waals surface area contributed by atoms with Gasteiger partial charge in [0.1, 0.15) is 5.82 Å². The Bertz CT molecular complexity index is 261. The zero-order valence-electron chi connectivity index (χ0n) is 6.89. The predicted molar refractivity (Wildman–Crippen MR) is 48.2 cm³/mol. The van der Waals surface area contributed by atoms with Crippen LogP contribution in [0.5, 0.6) is 0 Å². The maximum Gasteiger partial charge on any atom is 0.146 e. The first kappa shape index (κ1) is 9.00. The van der Waals surface area contributed by atoms with E-state index < -0.39 is 0 Å². The number of hydrogen-bond acceptors (Lipinski definition) is 2. The summed E-state index contributed by atoms with van der Waals surface area (Å²) in [5, 5.41) is 0. The molecule has 0 aliphatic heterocycles. The van der Waals surface area contributed by atoms with Crippen molar-refractivity contribution in [3.05, 3.63) is 29.6 Å². The normalized spacial score (nSPS) is 10.2. The Labute approximate surface area is 71.4 Å². The summed E-state index contributed by atoms with van der Waals surface area (Å²) in [6.45, 7) is 0.650. The van der Waals surface area contributed by atoms with Gasteiger partial charge in [-0.25, -0.2) is 4.39 Å². The van der Waals surface area contributed by atoms with Crippen molar-refractivity contribution in [2.24, 2.45) is 5.73 Å². The average Bonchev–Trinajstić information content (AvgIpc) is 2.07. The van der Waals surface area contributed by atoms with Gasteiger partial charge in [0.15, 0.2) is 0 Å². The van der Waals surface area contributed by atoms with Crippen molar-refractivity contribution in [2.45, 2.75) is 12.8 Å². The molecule has 0 aromatic heterocycles. The molecule has 0 aliphatic rings. The summed E-state index contributed by atoms with van der Waals surface area (Å²) in [7, 11) is 0. The highest BCUT2D eigenvalue weighted by Crippen LogP contribution is 2.13. The Morgan fingerprint density at radius 1 is 1.33 bits per heavy atom. The van der Waals surface area contributed by atoms with Crippen molar-refractivity contribution in [1.82, 2.24) is 0 Å². The summed E-state index contributed by atoms with van der Waals surface area (Å²) in [6, 6.07) is 4.79. The number of hydrogen-bond donors (Lipinski definition) is 2. The van der Waals surface area contributed by atoms with E-state index >= 15 is 0 Å². The van der Waals surface area contributed by atoms with Crippen LogP contribution in [-0.2, 0) is 6.42 Å². The van der Waals surface area contributed by atoms with Gasteiger partial charge >= 0.3 is 0 Å². The molecular weight excluding hydrogens is 155 g/mol. The van der Waals surface area contributed by atoms with E-state index in [4.69, 9.17) is 11.5 Å². The number of nitrogens with two attached hydrogens (primary N) is 2. The van der Waals surface area contributed by atoms with E-state index in [2.05, 4.69) is 0 Å². The Balaban J connectivity index is 2.69. The summed E-state index contributed by atoms with van der Waals surface area (Å²) in [5.74, 6) is -0.355. The Kier molecular flexibility index (Phi) is 3.05. The molecule has 0 unspecified atom stereocenters. The quantitative estimate of drug-likeness (QED) is 0.668. The third-order valence-corrected chi connectivity index (χ3v) is 1.73. The van der Waals surface area contributed by atoms with E-state index in [1.54, 1.807) is 12.1 Å². The lowest BCUT2D eigenvalue weighted by molar-refractivity contribution is 0.631. The van der Waals surface area contributed by atoms with Crippen LogP contribution in [0.2, 0.25) is 0 Å². The number of rotatable bonds is 3. The van der Waals surface area contributed by atoms with E-state index in [-0.39, 0.29) is 11.5 Å². The predicted octanol–water partition coefficient (Wildman–Crippen LogP) is 1.30. The van der Waals surface area contributed by atoms with Gasteiger partial charge in [0, 0.05) is 0 Å². The van der Waals surface area contributed by atoms with Crippen LogP contribution < -0.4 is 11.5 Å². The number of nitrogen functional groups attached to an aromatic ring is 1. The average molecular weight is 168 g/mol. The van der Waals surface area contributed by atoms with Crippen LogP contribution in [0.3, 0.4) is 0 Å². The summed E-state index contributed by atoms with van der Waals surface area (Å²) < 4.78 is 12.7. The molecule has 3 heteroatoms. The minimum atomic E-state index is -0.355. The summed E-state index contributed by atoms with van der Waals surface area (Å²) in [6.07, 6.45) is 1.77. The van der Waals surface area contributed by atoms with Crippen LogP contribution in [0.25, 0.3) is 0 Å². The van der Waals surface area contributed by atoms with Crippen LogP contribution >= 0.6 is 0 Å². The minimum absolute atomic E-state index is 0.213. The molecule has 1 aromatic rings. The SMILES string of the molecule is NCCCc1ccc(F)c(N)c1. The molecular formula is C9H13FN2. The molecule has 0 atom stereocenters. The molecule has 0 heterocycles. The molecule has 0 bridgehead atoms. The highest BCUT2D eigenvalue weighted by Gasteiger charge is 1.98. The Morgan fingerprint density at radius 2 is 2.08 bits per heavy atom. The maximum atomic E-state index is 12.7. The topological polar surface area (TPSA) is 52.0 Å². The zero-order chi connectivity index (χ0) is 8.97. The monoisotopic (exact) mass is 168 g/mol. The van der Waals surface area contributed by atoms with E-state index in [0.29, 0.717) is 6.54 Å². The standard InChI is InChI=1S/C9H13FN2/c10-8-4-3-7(2-1-5-11)6-9(8)12/h3-4,6H,1-2,5,11-12H2. The highest BCUT2D eigenvalue weighted by molar-refractivity contribution is 5.42. The van der Waals surface area contributed by atoms with Crippen LogP contribution in [-0.4, -0.2) is 6.54 Å². The third-order valence-electron chi connectivity index (χ3n) is 1.73. The maximum absolute atomic E-state index is 12.7. The van der Waals surface area contributed by atoms with Crippen molar-refractivity contribution >= 4 is 5.69 Å². The number of aryl methyl sites for hydroxylation is 1. The molecule has 0 fully saturated rings. The molecule has 0 amide bonds. The van der Waals surface area contributed by atoms with E-state index in [1.807, 2.05) is 0 Å². The lowest BCUT2D eigenvalue weighted by Crippen LogP contribution is -2.01. The summed E-state index contributed by atoms with van der Waals surface area (Å²) >= 11 is 0. The second kappa shape index (κ2) is 4.07. The van der Waals surface area contributed by atoms with Crippen LogP contribution in [0, 0.1) is 5.82 Å². The van der Waals surface area contributed by atoms with Crippen molar-refractivity contribution < 1.29 is 4.39 Å². The van der Waals surface area contributed by atoms with E-state index in [9.17, 15) is 4.39 Å². The molecule has 0 aliphatic carbocycles.